The molecule has 6 nitrogen and oxygen atoms in total. The summed E-state index contributed by atoms with van der Waals surface area (Å²) in [4.78, 5) is 29.0. The second-order valence-corrected chi connectivity index (χ2v) is 6.03. The molecule has 0 radical (unpaired) electrons. The van der Waals surface area contributed by atoms with Crippen molar-refractivity contribution in [1.29, 1.82) is 0 Å². The largest absolute Gasteiger partial charge is 0.480 e. The molecule has 1 saturated carbocycles. The van der Waals surface area contributed by atoms with Gasteiger partial charge in [0.05, 0.1) is 5.69 Å². The van der Waals surface area contributed by atoms with Crippen molar-refractivity contribution in [2.24, 2.45) is 0 Å². The SMILES string of the molecule is Cc1nc(CCC(=O)N(CC(=O)O)C2CC2)oc1-c1ccccc1. The molecular formula is C18H20N2O4. The molecule has 1 aromatic carbocycles. The molecule has 6 heteroatoms. The smallest absolute Gasteiger partial charge is 0.323 e. The van der Waals surface area contributed by atoms with Crippen LogP contribution in [0.2, 0.25) is 0 Å². The normalized spacial score (nSPS) is 13.7. The standard InChI is InChI=1S/C18H20N2O4/c1-12-18(13-5-3-2-4-6-13)24-15(19-12)9-10-16(21)20(11-17(22)23)14-7-8-14/h2-6,14H,7-11H2,1H3,(H,22,23). The van der Waals surface area contributed by atoms with E-state index >= 15 is 0 Å². The number of carbonyl (C=O) groups is 2. The second kappa shape index (κ2) is 6.86. The van der Waals surface area contributed by atoms with Crippen molar-refractivity contribution in [3.63, 3.8) is 0 Å². The quantitative estimate of drug-likeness (QED) is 0.845. The Bertz CT molecular complexity index is 735. The van der Waals surface area contributed by atoms with Gasteiger partial charge in [-0.3, -0.25) is 9.59 Å². The summed E-state index contributed by atoms with van der Waals surface area (Å²) in [6, 6.07) is 9.78. The number of amides is 1. The number of carbonyl (C=O) groups excluding carboxylic acids is 1. The van der Waals surface area contributed by atoms with Gasteiger partial charge in [-0.15, -0.1) is 0 Å². The molecule has 0 unspecified atom stereocenters. The van der Waals surface area contributed by atoms with Crippen LogP contribution in [-0.4, -0.2) is 39.5 Å². The van der Waals surface area contributed by atoms with E-state index in [0.29, 0.717) is 18.1 Å². The van der Waals surface area contributed by atoms with Crippen LogP contribution in [0.5, 0.6) is 0 Å². The van der Waals surface area contributed by atoms with Gasteiger partial charge in [-0.1, -0.05) is 30.3 Å². The van der Waals surface area contributed by atoms with Gasteiger partial charge in [0.1, 0.15) is 6.54 Å². The number of aryl methyl sites for hydroxylation is 2. The molecular weight excluding hydrogens is 308 g/mol. The number of benzene rings is 1. The van der Waals surface area contributed by atoms with Crippen LogP contribution in [0, 0.1) is 6.92 Å². The van der Waals surface area contributed by atoms with Gasteiger partial charge in [0.2, 0.25) is 5.91 Å². The van der Waals surface area contributed by atoms with Crippen LogP contribution >= 0.6 is 0 Å². The van der Waals surface area contributed by atoms with Crippen molar-refractivity contribution in [2.45, 2.75) is 38.6 Å². The summed E-state index contributed by atoms with van der Waals surface area (Å²) in [7, 11) is 0. The Hall–Kier alpha value is -2.63. The summed E-state index contributed by atoms with van der Waals surface area (Å²) < 4.78 is 5.79. The van der Waals surface area contributed by atoms with E-state index in [1.165, 1.54) is 4.90 Å². The first-order valence-corrected chi connectivity index (χ1v) is 8.07. The fourth-order valence-corrected chi connectivity index (χ4v) is 2.73. The predicted octanol–water partition coefficient (Wildman–Crippen LogP) is 2.66. The van der Waals surface area contributed by atoms with E-state index in [1.54, 1.807) is 0 Å². The van der Waals surface area contributed by atoms with Gasteiger partial charge < -0.3 is 14.4 Å². The zero-order valence-electron chi connectivity index (χ0n) is 13.6. The Kier molecular flexibility index (Phi) is 4.64. The minimum absolute atomic E-state index is 0.0831. The third kappa shape index (κ3) is 3.82. The number of hydrogen-bond acceptors (Lipinski definition) is 4. The van der Waals surface area contributed by atoms with Gasteiger partial charge in [-0.05, 0) is 19.8 Å². The molecule has 0 spiro atoms. The van der Waals surface area contributed by atoms with Crippen molar-refractivity contribution in [3.8, 4) is 11.3 Å². The van der Waals surface area contributed by atoms with Crippen LogP contribution in [0.25, 0.3) is 11.3 Å². The monoisotopic (exact) mass is 328 g/mol. The minimum Gasteiger partial charge on any atom is -0.480 e. The van der Waals surface area contributed by atoms with Gasteiger partial charge in [-0.25, -0.2) is 4.98 Å². The summed E-state index contributed by atoms with van der Waals surface area (Å²) >= 11 is 0. The lowest BCUT2D eigenvalue weighted by Gasteiger charge is -2.19. The Labute approximate surface area is 140 Å². The van der Waals surface area contributed by atoms with E-state index in [-0.39, 0.29) is 24.9 Å². The minimum atomic E-state index is -0.978. The fraction of sp³-hybridized carbons (Fsp3) is 0.389. The zero-order valence-corrected chi connectivity index (χ0v) is 13.6. The summed E-state index contributed by atoms with van der Waals surface area (Å²) in [5, 5.41) is 8.94. The van der Waals surface area contributed by atoms with Gasteiger partial charge in [0, 0.05) is 24.4 Å². The van der Waals surface area contributed by atoms with Gasteiger partial charge in [-0.2, -0.15) is 0 Å². The zero-order chi connectivity index (χ0) is 17.1. The molecule has 2 aromatic rings. The second-order valence-electron chi connectivity index (χ2n) is 6.03. The van der Waals surface area contributed by atoms with Gasteiger partial charge >= 0.3 is 5.97 Å². The average molecular weight is 328 g/mol. The molecule has 126 valence electrons. The highest BCUT2D eigenvalue weighted by atomic mass is 16.4. The molecule has 0 atom stereocenters. The fourth-order valence-electron chi connectivity index (χ4n) is 2.73. The first-order chi connectivity index (χ1) is 11.5. The third-order valence-electron chi connectivity index (χ3n) is 4.04. The number of aromatic nitrogens is 1. The maximum atomic E-state index is 12.3. The highest BCUT2D eigenvalue weighted by Crippen LogP contribution is 2.28. The third-order valence-corrected chi connectivity index (χ3v) is 4.04. The summed E-state index contributed by atoms with van der Waals surface area (Å²) in [6.45, 7) is 1.64. The molecule has 1 aliphatic carbocycles. The lowest BCUT2D eigenvalue weighted by molar-refractivity contribution is -0.144. The highest BCUT2D eigenvalue weighted by molar-refractivity contribution is 5.82. The van der Waals surface area contributed by atoms with Crippen LogP contribution in [0.15, 0.2) is 34.7 Å². The predicted molar refractivity (Wildman–Crippen MR) is 87.4 cm³/mol. The summed E-state index contributed by atoms with van der Waals surface area (Å²) in [6.07, 6.45) is 2.35. The Balaban J connectivity index is 1.64. The van der Waals surface area contributed by atoms with Crippen LogP contribution in [0.4, 0.5) is 0 Å². The topological polar surface area (TPSA) is 83.6 Å². The van der Waals surface area contributed by atoms with E-state index in [2.05, 4.69) is 4.98 Å². The molecule has 24 heavy (non-hydrogen) atoms. The molecule has 1 aliphatic rings. The molecule has 1 amide bonds. The van der Waals surface area contributed by atoms with Crippen LogP contribution in [0.3, 0.4) is 0 Å². The van der Waals surface area contributed by atoms with E-state index in [1.807, 2.05) is 37.3 Å². The van der Waals surface area contributed by atoms with Crippen LogP contribution < -0.4 is 0 Å². The molecule has 1 N–H and O–H groups in total. The van der Waals surface area contributed by atoms with Crippen molar-refractivity contribution in [1.82, 2.24) is 9.88 Å². The number of aliphatic carboxylic acids is 1. The average Bonchev–Trinajstić information content (AvgIpc) is 3.34. The van der Waals surface area contributed by atoms with Crippen molar-refractivity contribution in [2.75, 3.05) is 6.54 Å². The number of oxazole rings is 1. The molecule has 3 rings (SSSR count). The molecule has 0 aliphatic heterocycles. The van der Waals surface area contributed by atoms with E-state index < -0.39 is 5.97 Å². The summed E-state index contributed by atoms with van der Waals surface area (Å²) in [5.74, 6) is 0.0824. The summed E-state index contributed by atoms with van der Waals surface area (Å²) in [5.41, 5.74) is 1.73. The van der Waals surface area contributed by atoms with Crippen molar-refractivity contribution >= 4 is 11.9 Å². The Morgan fingerprint density at radius 1 is 1.29 bits per heavy atom. The molecule has 1 heterocycles. The highest BCUT2D eigenvalue weighted by Gasteiger charge is 2.33. The van der Waals surface area contributed by atoms with Gasteiger partial charge in [0.25, 0.3) is 0 Å². The van der Waals surface area contributed by atoms with Gasteiger partial charge in [0.15, 0.2) is 11.7 Å². The molecule has 0 saturated heterocycles. The number of carboxylic acids is 1. The van der Waals surface area contributed by atoms with Crippen LogP contribution in [-0.2, 0) is 16.0 Å². The van der Waals surface area contributed by atoms with Crippen LogP contribution in [0.1, 0.15) is 30.8 Å². The number of rotatable bonds is 7. The Morgan fingerprint density at radius 3 is 2.62 bits per heavy atom. The van der Waals surface area contributed by atoms with E-state index in [9.17, 15) is 9.59 Å². The van der Waals surface area contributed by atoms with Crippen molar-refractivity contribution in [3.05, 3.63) is 41.9 Å². The molecule has 0 bridgehead atoms. The maximum absolute atomic E-state index is 12.3. The molecule has 1 aromatic heterocycles. The van der Waals surface area contributed by atoms with E-state index in [0.717, 1.165) is 24.1 Å². The maximum Gasteiger partial charge on any atom is 0.323 e. The molecule has 1 fully saturated rings. The Morgan fingerprint density at radius 2 is 2.00 bits per heavy atom. The number of carboxylic acid groups (broad SMARTS) is 1. The lowest BCUT2D eigenvalue weighted by atomic mass is 10.1. The first-order valence-electron chi connectivity index (χ1n) is 8.07. The van der Waals surface area contributed by atoms with E-state index in [4.69, 9.17) is 9.52 Å². The first kappa shape index (κ1) is 16.2. The number of nitrogens with zero attached hydrogens (tertiary/aromatic N) is 2. The lowest BCUT2D eigenvalue weighted by Crippen LogP contribution is -2.37. The number of hydrogen-bond donors (Lipinski definition) is 1. The van der Waals surface area contributed by atoms with Crippen molar-refractivity contribution < 1.29 is 19.1 Å².